The number of rotatable bonds is 1. The number of hydrogen-bond donors (Lipinski definition) is 0. The van der Waals surface area contributed by atoms with E-state index in [0.717, 1.165) is 8.04 Å². The van der Waals surface area contributed by atoms with E-state index in [9.17, 15) is 8.42 Å². The zero-order valence-corrected chi connectivity index (χ0v) is 11.8. The van der Waals surface area contributed by atoms with Crippen molar-refractivity contribution in [2.75, 3.05) is 0 Å². The van der Waals surface area contributed by atoms with Gasteiger partial charge < -0.3 is 0 Å². The van der Waals surface area contributed by atoms with Gasteiger partial charge in [-0.25, -0.2) is 8.42 Å². The van der Waals surface area contributed by atoms with Crippen molar-refractivity contribution < 1.29 is 8.42 Å². The Morgan fingerprint density at radius 2 is 2.00 bits per heavy atom. The lowest BCUT2D eigenvalue weighted by Crippen LogP contribution is -1.96. The van der Waals surface area contributed by atoms with Gasteiger partial charge in [0.25, 0.3) is 9.05 Å². The predicted octanol–water partition coefficient (Wildman–Crippen LogP) is 3.29. The van der Waals surface area contributed by atoms with E-state index in [0.29, 0.717) is 5.56 Å². The van der Waals surface area contributed by atoms with E-state index in [1.54, 1.807) is 13.0 Å². The van der Waals surface area contributed by atoms with E-state index in [4.69, 9.17) is 10.7 Å². The molecule has 0 saturated carbocycles. The lowest BCUT2D eigenvalue weighted by atomic mass is 10.2. The van der Waals surface area contributed by atoms with Gasteiger partial charge in [0.05, 0.1) is 4.90 Å². The fourth-order valence-electron chi connectivity index (χ4n) is 0.875. The standard InChI is InChI=1S/C7H5BrClIO2S/c1-4-6(8)2-5(10)3-7(4)13(9,11)12/h2-3H,1H3. The summed E-state index contributed by atoms with van der Waals surface area (Å²) in [7, 11) is 1.61. The average Bonchev–Trinajstić information content (AvgIpc) is 1.94. The van der Waals surface area contributed by atoms with Gasteiger partial charge in [-0.3, -0.25) is 0 Å². The van der Waals surface area contributed by atoms with Crippen LogP contribution in [0.25, 0.3) is 0 Å². The van der Waals surface area contributed by atoms with E-state index in [2.05, 4.69) is 15.9 Å². The van der Waals surface area contributed by atoms with Crippen molar-refractivity contribution >= 4 is 58.3 Å². The minimum atomic E-state index is -3.64. The molecule has 0 heterocycles. The summed E-state index contributed by atoms with van der Waals surface area (Å²) in [4.78, 5) is 0.160. The van der Waals surface area contributed by atoms with E-state index in [1.165, 1.54) is 0 Å². The predicted molar refractivity (Wildman–Crippen MR) is 64.6 cm³/mol. The topological polar surface area (TPSA) is 34.1 Å². The maximum absolute atomic E-state index is 11.1. The van der Waals surface area contributed by atoms with Gasteiger partial charge >= 0.3 is 0 Å². The molecule has 1 aromatic carbocycles. The highest BCUT2D eigenvalue weighted by Gasteiger charge is 2.15. The quantitative estimate of drug-likeness (QED) is 0.540. The van der Waals surface area contributed by atoms with Gasteiger partial charge in [0.15, 0.2) is 0 Å². The second kappa shape index (κ2) is 4.04. The highest BCUT2D eigenvalue weighted by Crippen LogP contribution is 2.28. The average molecular weight is 395 g/mol. The van der Waals surface area contributed by atoms with Gasteiger partial charge in [-0.15, -0.1) is 0 Å². The molecule has 13 heavy (non-hydrogen) atoms. The van der Waals surface area contributed by atoms with E-state index in [1.807, 2.05) is 28.7 Å². The van der Waals surface area contributed by atoms with Gasteiger partial charge in [-0.2, -0.15) is 0 Å². The molecule has 0 bridgehead atoms. The van der Waals surface area contributed by atoms with Crippen LogP contribution >= 0.6 is 49.2 Å². The Bertz CT molecular complexity index is 444. The first-order valence-electron chi connectivity index (χ1n) is 3.22. The Morgan fingerprint density at radius 1 is 1.46 bits per heavy atom. The summed E-state index contributed by atoms with van der Waals surface area (Å²) in [5, 5.41) is 0. The molecule has 0 atom stereocenters. The molecular formula is C7H5BrClIO2S. The summed E-state index contributed by atoms with van der Waals surface area (Å²) >= 11 is 5.30. The van der Waals surface area contributed by atoms with Crippen molar-refractivity contribution in [1.29, 1.82) is 0 Å². The smallest absolute Gasteiger partial charge is 0.207 e. The first-order chi connectivity index (χ1) is 5.82. The van der Waals surface area contributed by atoms with Gasteiger partial charge in [0, 0.05) is 18.7 Å². The van der Waals surface area contributed by atoms with Crippen molar-refractivity contribution in [3.8, 4) is 0 Å². The second-order valence-corrected chi connectivity index (χ2v) is 7.08. The fourth-order valence-corrected chi connectivity index (χ4v) is 3.95. The Hall–Kier alpha value is 0.670. The molecule has 0 aliphatic heterocycles. The van der Waals surface area contributed by atoms with Gasteiger partial charge in [0.1, 0.15) is 0 Å². The van der Waals surface area contributed by atoms with Crippen molar-refractivity contribution in [2.24, 2.45) is 0 Å². The van der Waals surface area contributed by atoms with Crippen LogP contribution in [0.5, 0.6) is 0 Å². The summed E-state index contributed by atoms with van der Waals surface area (Å²) in [6.45, 7) is 1.70. The van der Waals surface area contributed by atoms with Crippen molar-refractivity contribution in [2.45, 2.75) is 11.8 Å². The van der Waals surface area contributed by atoms with Crippen LogP contribution in [-0.2, 0) is 9.05 Å². The molecule has 0 radical (unpaired) electrons. The summed E-state index contributed by atoms with van der Waals surface area (Å²) in [5.41, 5.74) is 0.635. The van der Waals surface area contributed by atoms with Crippen LogP contribution in [0.15, 0.2) is 21.5 Å². The van der Waals surface area contributed by atoms with Gasteiger partial charge in [-0.1, -0.05) is 15.9 Å². The lowest BCUT2D eigenvalue weighted by Gasteiger charge is -2.04. The van der Waals surface area contributed by atoms with Crippen LogP contribution in [0.1, 0.15) is 5.56 Å². The minimum Gasteiger partial charge on any atom is -0.207 e. The van der Waals surface area contributed by atoms with Crippen LogP contribution in [0.2, 0.25) is 0 Å². The van der Waals surface area contributed by atoms with Crippen molar-refractivity contribution in [1.82, 2.24) is 0 Å². The minimum absolute atomic E-state index is 0.160. The molecule has 1 aromatic rings. The lowest BCUT2D eigenvalue weighted by molar-refractivity contribution is 0.609. The Balaban J connectivity index is 3.56. The number of benzene rings is 1. The van der Waals surface area contributed by atoms with Crippen molar-refractivity contribution in [3.63, 3.8) is 0 Å². The SMILES string of the molecule is Cc1c(Br)cc(I)cc1S(=O)(=O)Cl. The number of hydrogen-bond acceptors (Lipinski definition) is 2. The summed E-state index contributed by atoms with van der Waals surface area (Å²) in [5.74, 6) is 0. The molecule has 6 heteroatoms. The molecule has 0 N–H and O–H groups in total. The molecule has 0 aliphatic rings. The van der Waals surface area contributed by atoms with E-state index in [-0.39, 0.29) is 4.90 Å². The molecule has 72 valence electrons. The Labute approximate surface area is 103 Å². The number of halogens is 3. The third kappa shape index (κ3) is 2.81. The fraction of sp³-hybridized carbons (Fsp3) is 0.143. The summed E-state index contributed by atoms with van der Waals surface area (Å²) in [6.07, 6.45) is 0. The highest BCUT2D eigenvalue weighted by molar-refractivity contribution is 14.1. The molecule has 2 nitrogen and oxygen atoms in total. The highest BCUT2D eigenvalue weighted by atomic mass is 127. The third-order valence-electron chi connectivity index (χ3n) is 1.52. The zero-order chi connectivity index (χ0) is 10.2. The van der Waals surface area contributed by atoms with Crippen LogP contribution in [0.4, 0.5) is 0 Å². The summed E-state index contributed by atoms with van der Waals surface area (Å²) < 4.78 is 23.8. The van der Waals surface area contributed by atoms with Crippen LogP contribution in [-0.4, -0.2) is 8.42 Å². The largest absolute Gasteiger partial charge is 0.261 e. The van der Waals surface area contributed by atoms with Crippen molar-refractivity contribution in [3.05, 3.63) is 25.7 Å². The Morgan fingerprint density at radius 3 is 2.46 bits per heavy atom. The molecule has 0 saturated heterocycles. The normalized spacial score (nSPS) is 11.7. The molecule has 0 spiro atoms. The van der Waals surface area contributed by atoms with E-state index < -0.39 is 9.05 Å². The van der Waals surface area contributed by atoms with Crippen LogP contribution < -0.4 is 0 Å². The maximum atomic E-state index is 11.1. The molecule has 0 amide bonds. The summed E-state index contributed by atoms with van der Waals surface area (Å²) in [6, 6.07) is 3.38. The van der Waals surface area contributed by atoms with Gasteiger partial charge in [0.2, 0.25) is 0 Å². The molecule has 0 unspecified atom stereocenters. The van der Waals surface area contributed by atoms with Crippen LogP contribution in [0, 0.1) is 10.5 Å². The third-order valence-corrected chi connectivity index (χ3v) is 4.42. The monoisotopic (exact) mass is 394 g/mol. The molecule has 1 rings (SSSR count). The maximum Gasteiger partial charge on any atom is 0.261 e. The zero-order valence-electron chi connectivity index (χ0n) is 6.51. The molecule has 0 aliphatic carbocycles. The molecule has 0 aromatic heterocycles. The second-order valence-electron chi connectivity index (χ2n) is 2.45. The van der Waals surface area contributed by atoms with Crippen LogP contribution in [0.3, 0.4) is 0 Å². The first-order valence-corrected chi connectivity index (χ1v) is 7.41. The van der Waals surface area contributed by atoms with E-state index >= 15 is 0 Å². The Kier molecular flexibility index (Phi) is 3.65. The molecule has 0 fully saturated rings. The molecular weight excluding hydrogens is 390 g/mol. The first kappa shape index (κ1) is 11.7. The van der Waals surface area contributed by atoms with Gasteiger partial charge in [-0.05, 0) is 47.2 Å².